The number of hydrogen-bond donors (Lipinski definition) is 0. The molecule has 0 bridgehead atoms. The second kappa shape index (κ2) is 15.0. The average Bonchev–Trinajstić information content (AvgIpc) is 3.58. The lowest BCUT2D eigenvalue weighted by molar-refractivity contribution is -0.00658. The van der Waals surface area contributed by atoms with E-state index in [2.05, 4.69) is 6.92 Å². The van der Waals surface area contributed by atoms with Gasteiger partial charge >= 0.3 is 0 Å². The van der Waals surface area contributed by atoms with Crippen LogP contribution in [0.15, 0.2) is 0 Å². The normalized spacial score (nSPS) is 21.6. The fraction of sp³-hybridized carbons (Fsp3) is 1.00. The van der Waals surface area contributed by atoms with Gasteiger partial charge in [0.25, 0.3) is 0 Å². The molecule has 0 aliphatic heterocycles. The van der Waals surface area contributed by atoms with Gasteiger partial charge in [-0.2, -0.15) is 0 Å². The third kappa shape index (κ3) is 7.78. The Morgan fingerprint density at radius 2 is 0.710 bits per heavy atom. The molecule has 0 N–H and O–H groups in total. The van der Waals surface area contributed by atoms with E-state index in [1.54, 1.807) is 89.9 Å². The van der Waals surface area contributed by atoms with Crippen LogP contribution in [0.2, 0.25) is 0 Å². The summed E-state index contributed by atoms with van der Waals surface area (Å²) in [6.07, 6.45) is 39.8. The maximum atomic E-state index is 2.32. The zero-order valence-corrected chi connectivity index (χ0v) is 21.6. The molecule has 0 atom stereocenters. The van der Waals surface area contributed by atoms with Crippen molar-refractivity contribution in [3.8, 4) is 0 Å². The lowest BCUT2D eigenvalue weighted by Crippen LogP contribution is -2.42. The third-order valence-corrected chi connectivity index (χ3v) is 10.1. The first kappa shape index (κ1) is 25.6. The second-order valence-corrected chi connectivity index (χ2v) is 12.0. The summed E-state index contributed by atoms with van der Waals surface area (Å²) in [6.45, 7) is 2.32. The molecule has 0 saturated heterocycles. The Hall–Kier alpha value is 0. The first-order valence-corrected chi connectivity index (χ1v) is 15.4. The van der Waals surface area contributed by atoms with Crippen LogP contribution in [0.1, 0.15) is 174 Å². The summed E-state index contributed by atoms with van der Waals surface area (Å²) in [4.78, 5) is 0. The summed E-state index contributed by atoms with van der Waals surface area (Å²) < 4.78 is 0. The van der Waals surface area contributed by atoms with E-state index in [1.807, 2.05) is 0 Å². The highest BCUT2D eigenvalue weighted by Gasteiger charge is 2.51. The van der Waals surface area contributed by atoms with Crippen molar-refractivity contribution in [3.05, 3.63) is 0 Å². The second-order valence-electron chi connectivity index (χ2n) is 12.0. The highest BCUT2D eigenvalue weighted by Crippen LogP contribution is 2.60. The molecule has 0 heterocycles. The highest BCUT2D eigenvalue weighted by molar-refractivity contribution is 5.00. The van der Waals surface area contributed by atoms with Crippen LogP contribution in [0.3, 0.4) is 0 Å². The first-order chi connectivity index (χ1) is 15.4. The Morgan fingerprint density at radius 1 is 0.419 bits per heavy atom. The SMILES string of the molecule is CCCCCCCCCCCCCCCC(C1CCCC1)(C1CCCC1)C1CCCC1. The molecule has 0 aromatic rings. The van der Waals surface area contributed by atoms with Crippen LogP contribution in [0.25, 0.3) is 0 Å². The van der Waals surface area contributed by atoms with E-state index in [1.165, 1.54) is 77.0 Å². The Balaban J connectivity index is 1.35. The summed E-state index contributed by atoms with van der Waals surface area (Å²) in [5.41, 5.74) is 0.779. The zero-order valence-electron chi connectivity index (χ0n) is 21.6. The molecule has 3 aliphatic rings. The Morgan fingerprint density at radius 3 is 1.03 bits per heavy atom. The van der Waals surface area contributed by atoms with Crippen molar-refractivity contribution in [2.75, 3.05) is 0 Å². The van der Waals surface area contributed by atoms with Gasteiger partial charge in [-0.1, -0.05) is 129 Å². The van der Waals surface area contributed by atoms with Crippen molar-refractivity contribution in [2.45, 2.75) is 174 Å². The van der Waals surface area contributed by atoms with E-state index in [0.29, 0.717) is 0 Å². The van der Waals surface area contributed by atoms with Gasteiger partial charge in [0.1, 0.15) is 0 Å². The van der Waals surface area contributed by atoms with Gasteiger partial charge in [-0.05, 0) is 68.1 Å². The fourth-order valence-corrected chi connectivity index (χ4v) is 8.45. The molecule has 0 aromatic heterocycles. The molecule has 3 aliphatic carbocycles. The van der Waals surface area contributed by atoms with Crippen molar-refractivity contribution in [2.24, 2.45) is 23.2 Å². The third-order valence-electron chi connectivity index (χ3n) is 10.1. The first-order valence-electron chi connectivity index (χ1n) is 15.4. The van der Waals surface area contributed by atoms with Gasteiger partial charge in [0, 0.05) is 0 Å². The summed E-state index contributed by atoms with van der Waals surface area (Å²) in [7, 11) is 0. The van der Waals surface area contributed by atoms with Crippen LogP contribution in [-0.4, -0.2) is 0 Å². The minimum atomic E-state index is 0.779. The summed E-state index contributed by atoms with van der Waals surface area (Å²) >= 11 is 0. The minimum Gasteiger partial charge on any atom is -0.0654 e. The molecule has 182 valence electrons. The van der Waals surface area contributed by atoms with Gasteiger partial charge in [-0.3, -0.25) is 0 Å². The van der Waals surface area contributed by atoms with Crippen LogP contribution in [-0.2, 0) is 0 Å². The molecule has 31 heavy (non-hydrogen) atoms. The average molecular weight is 431 g/mol. The number of rotatable bonds is 17. The molecule has 0 amide bonds. The lowest BCUT2D eigenvalue weighted by atomic mass is 9.55. The Labute approximate surface area is 197 Å². The Kier molecular flexibility index (Phi) is 12.4. The van der Waals surface area contributed by atoms with E-state index < -0.39 is 0 Å². The number of unbranched alkanes of at least 4 members (excludes halogenated alkanes) is 12. The van der Waals surface area contributed by atoms with Crippen LogP contribution in [0.4, 0.5) is 0 Å². The predicted octanol–water partition coefficient (Wildman–Crippen LogP) is 11.0. The van der Waals surface area contributed by atoms with E-state index in [0.717, 1.165) is 23.2 Å². The van der Waals surface area contributed by atoms with Crippen molar-refractivity contribution in [3.63, 3.8) is 0 Å². The predicted molar refractivity (Wildman–Crippen MR) is 139 cm³/mol. The molecular weight excluding hydrogens is 372 g/mol. The van der Waals surface area contributed by atoms with E-state index >= 15 is 0 Å². The molecule has 3 saturated carbocycles. The smallest absolute Gasteiger partial charge is 0.0213 e. The molecule has 0 unspecified atom stereocenters. The van der Waals surface area contributed by atoms with E-state index in [-0.39, 0.29) is 0 Å². The largest absolute Gasteiger partial charge is 0.0654 e. The van der Waals surface area contributed by atoms with E-state index in [9.17, 15) is 0 Å². The summed E-state index contributed by atoms with van der Waals surface area (Å²) in [5.74, 6) is 3.32. The van der Waals surface area contributed by atoms with Crippen molar-refractivity contribution >= 4 is 0 Å². The standard InChI is InChI=1S/C31H58/c1-2-3-4-5-6-7-8-9-10-11-12-13-20-27-31(28-21-14-15-22-28,29-23-16-17-24-29)30-25-18-19-26-30/h28-30H,2-27H2,1H3. The minimum absolute atomic E-state index is 0.779. The van der Waals surface area contributed by atoms with Crippen molar-refractivity contribution in [1.82, 2.24) is 0 Å². The topological polar surface area (TPSA) is 0 Å². The molecule has 0 radical (unpaired) electrons. The molecule has 0 aromatic carbocycles. The van der Waals surface area contributed by atoms with Crippen molar-refractivity contribution < 1.29 is 0 Å². The van der Waals surface area contributed by atoms with Gasteiger partial charge in [-0.15, -0.1) is 0 Å². The summed E-state index contributed by atoms with van der Waals surface area (Å²) in [6, 6.07) is 0. The van der Waals surface area contributed by atoms with Gasteiger partial charge < -0.3 is 0 Å². The number of hydrogen-bond acceptors (Lipinski definition) is 0. The molecule has 0 nitrogen and oxygen atoms in total. The molecule has 3 rings (SSSR count). The maximum Gasteiger partial charge on any atom is -0.0213 e. The van der Waals surface area contributed by atoms with Crippen LogP contribution >= 0.6 is 0 Å². The van der Waals surface area contributed by atoms with Gasteiger partial charge in [-0.25, -0.2) is 0 Å². The molecule has 0 heteroatoms. The van der Waals surface area contributed by atoms with E-state index in [4.69, 9.17) is 0 Å². The van der Waals surface area contributed by atoms with Crippen molar-refractivity contribution in [1.29, 1.82) is 0 Å². The van der Waals surface area contributed by atoms with Gasteiger partial charge in [0.2, 0.25) is 0 Å². The molecular formula is C31H58. The zero-order chi connectivity index (χ0) is 21.6. The van der Waals surface area contributed by atoms with Crippen LogP contribution < -0.4 is 0 Å². The molecule has 0 spiro atoms. The fourth-order valence-electron chi connectivity index (χ4n) is 8.45. The highest BCUT2D eigenvalue weighted by atomic mass is 14.6. The Bertz CT molecular complexity index is 379. The monoisotopic (exact) mass is 430 g/mol. The van der Waals surface area contributed by atoms with Crippen LogP contribution in [0.5, 0.6) is 0 Å². The van der Waals surface area contributed by atoms with Crippen LogP contribution in [0, 0.1) is 23.2 Å². The summed E-state index contributed by atoms with van der Waals surface area (Å²) in [5, 5.41) is 0. The molecule has 3 fully saturated rings. The van der Waals surface area contributed by atoms with Gasteiger partial charge in [0.05, 0.1) is 0 Å². The quantitative estimate of drug-likeness (QED) is 0.201. The lowest BCUT2D eigenvalue weighted by Gasteiger charge is -2.49. The van der Waals surface area contributed by atoms with Gasteiger partial charge in [0.15, 0.2) is 0 Å². The maximum absolute atomic E-state index is 2.32.